The van der Waals surface area contributed by atoms with Crippen molar-refractivity contribution in [1.29, 1.82) is 0 Å². The molecule has 1 aromatic heterocycles. The summed E-state index contributed by atoms with van der Waals surface area (Å²) in [6.07, 6.45) is 6.29. The Morgan fingerprint density at radius 1 is 0.903 bits per heavy atom. The van der Waals surface area contributed by atoms with Gasteiger partial charge in [-0.1, -0.05) is 73.5 Å². The van der Waals surface area contributed by atoms with Crippen molar-refractivity contribution in [2.24, 2.45) is 0 Å². The molecule has 1 heterocycles. The van der Waals surface area contributed by atoms with Crippen LogP contribution in [0.1, 0.15) is 47.4 Å². The van der Waals surface area contributed by atoms with Gasteiger partial charge in [-0.3, -0.25) is 9.59 Å². The third-order valence-electron chi connectivity index (χ3n) is 6.20. The Labute approximate surface area is 182 Å². The van der Waals surface area contributed by atoms with Crippen LogP contribution < -0.4 is 10.6 Å². The second-order valence-electron chi connectivity index (χ2n) is 8.26. The second-order valence-corrected chi connectivity index (χ2v) is 8.26. The normalized spacial score (nSPS) is 15.9. The molecule has 5 nitrogen and oxygen atoms in total. The first-order valence-electron chi connectivity index (χ1n) is 10.9. The molecule has 1 atom stereocenters. The number of carbonyl (C=O) groups excluding carboxylic acids is 2. The lowest BCUT2D eigenvalue weighted by Gasteiger charge is -2.31. The van der Waals surface area contributed by atoms with Crippen molar-refractivity contribution in [3.05, 3.63) is 95.9 Å². The van der Waals surface area contributed by atoms with E-state index in [1.807, 2.05) is 36.4 Å². The predicted molar refractivity (Wildman–Crippen MR) is 120 cm³/mol. The summed E-state index contributed by atoms with van der Waals surface area (Å²) in [5, 5.41) is 6.00. The van der Waals surface area contributed by atoms with Crippen molar-refractivity contribution in [3.63, 3.8) is 0 Å². The molecule has 0 saturated heterocycles. The van der Waals surface area contributed by atoms with Gasteiger partial charge in [-0.2, -0.15) is 0 Å². The van der Waals surface area contributed by atoms with Crippen LogP contribution in [0.4, 0.5) is 0 Å². The van der Waals surface area contributed by atoms with Gasteiger partial charge in [-0.25, -0.2) is 0 Å². The van der Waals surface area contributed by atoms with E-state index in [0.29, 0.717) is 13.0 Å². The molecule has 0 aliphatic heterocycles. The second kappa shape index (κ2) is 9.65. The lowest BCUT2D eigenvalue weighted by Crippen LogP contribution is -2.50. The maximum atomic E-state index is 13.2. The van der Waals surface area contributed by atoms with E-state index < -0.39 is 6.04 Å². The van der Waals surface area contributed by atoms with E-state index in [1.165, 1.54) is 11.8 Å². The van der Waals surface area contributed by atoms with Crippen molar-refractivity contribution in [2.75, 3.05) is 6.54 Å². The number of hydrogen-bond acceptors (Lipinski definition) is 3. The molecule has 3 aromatic rings. The third kappa shape index (κ3) is 5.05. The number of nitrogens with one attached hydrogen (secondary N) is 2. The maximum Gasteiger partial charge on any atom is 0.287 e. The molecule has 160 valence electrons. The predicted octanol–water partition coefficient (Wildman–Crippen LogP) is 4.25. The van der Waals surface area contributed by atoms with Crippen LogP contribution in [-0.2, 0) is 16.6 Å². The number of rotatable bonds is 8. The zero-order valence-electron chi connectivity index (χ0n) is 17.6. The van der Waals surface area contributed by atoms with Gasteiger partial charge in [-0.05, 0) is 36.1 Å². The highest BCUT2D eigenvalue weighted by molar-refractivity contribution is 5.95. The highest BCUT2D eigenvalue weighted by Gasteiger charge is 2.36. The Morgan fingerprint density at radius 3 is 2.23 bits per heavy atom. The molecular weight excluding hydrogens is 388 g/mol. The Balaban J connectivity index is 1.48. The molecule has 4 rings (SSSR count). The summed E-state index contributed by atoms with van der Waals surface area (Å²) >= 11 is 0. The number of hydrogen-bond donors (Lipinski definition) is 2. The summed E-state index contributed by atoms with van der Waals surface area (Å²) in [4.78, 5) is 25.8. The zero-order valence-corrected chi connectivity index (χ0v) is 17.6. The molecule has 5 heteroatoms. The van der Waals surface area contributed by atoms with Crippen molar-refractivity contribution in [2.45, 2.75) is 43.6 Å². The average molecular weight is 417 g/mol. The van der Waals surface area contributed by atoms with Gasteiger partial charge in [0.05, 0.1) is 6.26 Å². The van der Waals surface area contributed by atoms with Gasteiger partial charge in [0.1, 0.15) is 6.04 Å². The molecule has 1 fully saturated rings. The van der Waals surface area contributed by atoms with E-state index >= 15 is 0 Å². The number of benzene rings is 2. The third-order valence-corrected chi connectivity index (χ3v) is 6.20. The van der Waals surface area contributed by atoms with Gasteiger partial charge in [0.2, 0.25) is 5.91 Å². The van der Waals surface area contributed by atoms with E-state index in [2.05, 4.69) is 34.9 Å². The van der Waals surface area contributed by atoms with Gasteiger partial charge in [-0.15, -0.1) is 0 Å². The molecule has 0 bridgehead atoms. The first-order valence-corrected chi connectivity index (χ1v) is 10.9. The Bertz CT molecular complexity index is 978. The summed E-state index contributed by atoms with van der Waals surface area (Å²) in [5.74, 6) is -0.368. The Hall–Kier alpha value is -3.34. The number of furan rings is 1. The number of amides is 2. The smallest absolute Gasteiger partial charge is 0.287 e. The van der Waals surface area contributed by atoms with Crippen molar-refractivity contribution < 1.29 is 14.0 Å². The van der Waals surface area contributed by atoms with Gasteiger partial charge in [0.25, 0.3) is 5.91 Å². The molecule has 1 saturated carbocycles. The van der Waals surface area contributed by atoms with Crippen LogP contribution in [0.15, 0.2) is 83.5 Å². The van der Waals surface area contributed by atoms with Gasteiger partial charge < -0.3 is 15.1 Å². The average Bonchev–Trinajstić information content (AvgIpc) is 3.51. The fourth-order valence-electron chi connectivity index (χ4n) is 4.49. The molecule has 0 spiro atoms. The van der Waals surface area contributed by atoms with Crippen molar-refractivity contribution in [1.82, 2.24) is 10.6 Å². The van der Waals surface area contributed by atoms with Gasteiger partial charge >= 0.3 is 0 Å². The van der Waals surface area contributed by atoms with E-state index in [1.54, 1.807) is 12.1 Å². The zero-order chi connectivity index (χ0) is 21.5. The minimum Gasteiger partial charge on any atom is -0.459 e. The first-order chi connectivity index (χ1) is 15.2. The summed E-state index contributed by atoms with van der Waals surface area (Å²) in [5.41, 5.74) is 2.22. The van der Waals surface area contributed by atoms with E-state index in [-0.39, 0.29) is 23.0 Å². The maximum absolute atomic E-state index is 13.2. The molecule has 0 radical (unpaired) electrons. The van der Waals surface area contributed by atoms with Crippen LogP contribution in [0.3, 0.4) is 0 Å². The summed E-state index contributed by atoms with van der Waals surface area (Å²) in [7, 11) is 0. The highest BCUT2D eigenvalue weighted by Crippen LogP contribution is 2.40. The molecule has 31 heavy (non-hydrogen) atoms. The molecule has 1 aliphatic carbocycles. The van der Waals surface area contributed by atoms with Crippen LogP contribution in [0.5, 0.6) is 0 Å². The van der Waals surface area contributed by atoms with Crippen LogP contribution in [0, 0.1) is 0 Å². The van der Waals surface area contributed by atoms with Crippen molar-refractivity contribution >= 4 is 11.8 Å². The first kappa shape index (κ1) is 20.9. The van der Waals surface area contributed by atoms with E-state index in [4.69, 9.17) is 4.42 Å². The molecular formula is C26H28N2O3. The SMILES string of the molecule is O=C(NC(Cc1ccccc1)C(=O)NCC1(c2ccccc2)CCCC1)c1ccco1. The largest absolute Gasteiger partial charge is 0.459 e. The summed E-state index contributed by atoms with van der Waals surface area (Å²) in [6.45, 7) is 0.567. The standard InChI is InChI=1S/C26H28N2O3/c29-24(27-19-26(15-7-8-16-26)21-12-5-2-6-13-21)22(18-20-10-3-1-4-11-20)28-25(30)23-14-9-17-31-23/h1-6,9-14,17,22H,7-8,15-16,18-19H2,(H,27,29)(H,28,30). The molecule has 1 unspecified atom stereocenters. The molecule has 2 amide bonds. The Morgan fingerprint density at radius 2 is 1.58 bits per heavy atom. The highest BCUT2D eigenvalue weighted by atomic mass is 16.3. The minimum absolute atomic E-state index is 0.0424. The topological polar surface area (TPSA) is 71.3 Å². The van der Waals surface area contributed by atoms with Crippen LogP contribution in [0.25, 0.3) is 0 Å². The molecule has 2 aromatic carbocycles. The lowest BCUT2D eigenvalue weighted by atomic mass is 9.79. The van der Waals surface area contributed by atoms with Crippen LogP contribution in [-0.4, -0.2) is 24.4 Å². The van der Waals surface area contributed by atoms with Crippen LogP contribution >= 0.6 is 0 Å². The van der Waals surface area contributed by atoms with Gasteiger partial charge in [0.15, 0.2) is 5.76 Å². The lowest BCUT2D eigenvalue weighted by molar-refractivity contribution is -0.123. The molecule has 2 N–H and O–H groups in total. The minimum atomic E-state index is -0.686. The van der Waals surface area contributed by atoms with E-state index in [9.17, 15) is 9.59 Å². The quantitative estimate of drug-likeness (QED) is 0.577. The fourth-order valence-corrected chi connectivity index (χ4v) is 4.49. The summed E-state index contributed by atoms with van der Waals surface area (Å²) < 4.78 is 5.20. The number of carbonyl (C=O) groups is 2. The van der Waals surface area contributed by atoms with Crippen LogP contribution in [0.2, 0.25) is 0 Å². The fraction of sp³-hybridized carbons (Fsp3) is 0.308. The molecule has 1 aliphatic rings. The summed E-state index contributed by atoms with van der Waals surface area (Å²) in [6, 6.07) is 22.7. The van der Waals surface area contributed by atoms with Crippen molar-refractivity contribution in [3.8, 4) is 0 Å². The monoisotopic (exact) mass is 416 g/mol. The van der Waals surface area contributed by atoms with Gasteiger partial charge in [0, 0.05) is 18.4 Å². The Kier molecular flexibility index (Phi) is 6.51. The van der Waals surface area contributed by atoms with E-state index in [0.717, 1.165) is 31.2 Å².